The van der Waals surface area contributed by atoms with Gasteiger partial charge in [-0.25, -0.2) is 0 Å². The summed E-state index contributed by atoms with van der Waals surface area (Å²) < 4.78 is 11.0. The van der Waals surface area contributed by atoms with Gasteiger partial charge in [-0.2, -0.15) is 0 Å². The molecule has 2 fully saturated rings. The summed E-state index contributed by atoms with van der Waals surface area (Å²) in [7, 11) is 3.25. The number of benzene rings is 2. The first kappa shape index (κ1) is 35.9. The molecule has 2 saturated carbocycles. The van der Waals surface area contributed by atoms with Crippen molar-refractivity contribution in [1.29, 1.82) is 0 Å². The van der Waals surface area contributed by atoms with Crippen LogP contribution >= 0.6 is 21.6 Å². The first-order valence-electron chi connectivity index (χ1n) is 16.6. The summed E-state index contributed by atoms with van der Waals surface area (Å²) in [6.45, 7) is 1.95. The van der Waals surface area contributed by atoms with Crippen molar-refractivity contribution >= 4 is 45.3 Å². The van der Waals surface area contributed by atoms with E-state index in [2.05, 4.69) is 10.6 Å². The standard InChI is InChI=1S/C36H48N2O6S2/c39-33(37-23-27-11-15-31(16-12-27)35(41)43-25-29-7-3-1-4-8-29)19-21-45-46-22-20-34(40)38-24-28-13-17-32(18-14-28)36(42)44-26-30-9-5-2-6-10-30/h1-10,27-28,31-32H,11-26H2,(H,37,39)(H,38,40). The summed E-state index contributed by atoms with van der Waals surface area (Å²) >= 11 is 0. The maximum Gasteiger partial charge on any atom is 0.309 e. The highest BCUT2D eigenvalue weighted by Gasteiger charge is 2.28. The lowest BCUT2D eigenvalue weighted by molar-refractivity contribution is -0.152. The van der Waals surface area contributed by atoms with Crippen molar-refractivity contribution in [1.82, 2.24) is 10.6 Å². The Kier molecular flexibility index (Phi) is 15.8. The molecule has 2 amide bonds. The van der Waals surface area contributed by atoms with E-state index in [0.29, 0.717) is 62.5 Å². The summed E-state index contributed by atoms with van der Waals surface area (Å²) in [4.78, 5) is 49.5. The van der Waals surface area contributed by atoms with Crippen LogP contribution in [0, 0.1) is 23.7 Å². The van der Waals surface area contributed by atoms with E-state index in [1.807, 2.05) is 60.7 Å². The lowest BCUT2D eigenvalue weighted by Gasteiger charge is -2.27. The van der Waals surface area contributed by atoms with Crippen LogP contribution in [0.5, 0.6) is 0 Å². The van der Waals surface area contributed by atoms with E-state index in [-0.39, 0.29) is 35.6 Å². The molecule has 2 aromatic rings. The van der Waals surface area contributed by atoms with Crippen LogP contribution in [0.15, 0.2) is 60.7 Å². The molecule has 0 unspecified atom stereocenters. The number of hydrogen-bond acceptors (Lipinski definition) is 8. The van der Waals surface area contributed by atoms with Gasteiger partial charge in [0.25, 0.3) is 0 Å². The Balaban J connectivity index is 0.941. The second-order valence-electron chi connectivity index (χ2n) is 12.4. The third kappa shape index (κ3) is 13.4. The van der Waals surface area contributed by atoms with Crippen LogP contribution < -0.4 is 10.6 Å². The van der Waals surface area contributed by atoms with Gasteiger partial charge in [-0.3, -0.25) is 19.2 Å². The molecule has 250 valence electrons. The molecule has 4 rings (SSSR count). The second kappa shape index (κ2) is 20.3. The summed E-state index contributed by atoms with van der Waals surface area (Å²) in [6.07, 6.45) is 7.81. The number of rotatable bonds is 17. The second-order valence-corrected chi connectivity index (χ2v) is 15.1. The maximum absolute atomic E-state index is 12.4. The Morgan fingerprint density at radius 2 is 0.935 bits per heavy atom. The first-order valence-corrected chi connectivity index (χ1v) is 19.1. The number of ether oxygens (including phenoxy) is 2. The fraction of sp³-hybridized carbons (Fsp3) is 0.556. The zero-order valence-corrected chi connectivity index (χ0v) is 28.3. The van der Waals surface area contributed by atoms with Crippen molar-refractivity contribution in [3.8, 4) is 0 Å². The molecule has 46 heavy (non-hydrogen) atoms. The Bertz CT molecular complexity index is 1120. The molecule has 0 aliphatic heterocycles. The highest BCUT2D eigenvalue weighted by molar-refractivity contribution is 8.76. The quantitative estimate of drug-likeness (QED) is 0.112. The Morgan fingerprint density at radius 1 is 0.565 bits per heavy atom. The Labute approximate surface area is 281 Å². The van der Waals surface area contributed by atoms with Gasteiger partial charge in [0.15, 0.2) is 0 Å². The third-order valence-electron chi connectivity index (χ3n) is 8.89. The lowest BCUT2D eigenvalue weighted by atomic mass is 9.82. The lowest BCUT2D eigenvalue weighted by Crippen LogP contribution is -2.33. The van der Waals surface area contributed by atoms with Gasteiger partial charge < -0.3 is 20.1 Å². The van der Waals surface area contributed by atoms with Gasteiger partial charge in [0.2, 0.25) is 11.8 Å². The molecule has 0 saturated heterocycles. The first-order chi connectivity index (χ1) is 22.5. The Morgan fingerprint density at radius 3 is 1.30 bits per heavy atom. The minimum absolute atomic E-state index is 0.0470. The predicted octanol–water partition coefficient (Wildman–Crippen LogP) is 6.48. The fourth-order valence-electron chi connectivity index (χ4n) is 5.98. The van der Waals surface area contributed by atoms with Gasteiger partial charge in [0, 0.05) is 37.4 Å². The van der Waals surface area contributed by atoms with Gasteiger partial charge >= 0.3 is 11.9 Å². The van der Waals surface area contributed by atoms with E-state index >= 15 is 0 Å². The van der Waals surface area contributed by atoms with E-state index in [0.717, 1.165) is 62.5 Å². The van der Waals surface area contributed by atoms with Crippen molar-refractivity contribution in [3.63, 3.8) is 0 Å². The molecule has 2 aromatic carbocycles. The molecule has 0 atom stereocenters. The van der Waals surface area contributed by atoms with Crippen LogP contribution in [0.4, 0.5) is 0 Å². The van der Waals surface area contributed by atoms with Crippen molar-refractivity contribution < 1.29 is 28.7 Å². The average Bonchev–Trinajstić information content (AvgIpc) is 3.10. The number of carbonyl (C=O) groups excluding carboxylic acids is 4. The highest BCUT2D eigenvalue weighted by Crippen LogP contribution is 2.31. The summed E-state index contributed by atoms with van der Waals surface area (Å²) in [6, 6.07) is 19.5. The number of esters is 2. The van der Waals surface area contributed by atoms with E-state index in [1.54, 1.807) is 21.6 Å². The van der Waals surface area contributed by atoms with Crippen LogP contribution in [-0.4, -0.2) is 48.3 Å². The highest BCUT2D eigenvalue weighted by atomic mass is 33.1. The largest absolute Gasteiger partial charge is 0.461 e. The number of nitrogens with one attached hydrogen (secondary N) is 2. The van der Waals surface area contributed by atoms with Gasteiger partial charge in [-0.05, 0) is 74.3 Å². The predicted molar refractivity (Wildman–Crippen MR) is 184 cm³/mol. The van der Waals surface area contributed by atoms with Gasteiger partial charge in [-0.1, -0.05) is 82.3 Å². The SMILES string of the molecule is O=C(CCSSCCC(=O)NCC1CCC(C(=O)OCc2ccccc2)CC1)NCC1CCC(C(=O)OCc2ccccc2)CC1. The van der Waals surface area contributed by atoms with Crippen LogP contribution in [0.3, 0.4) is 0 Å². The van der Waals surface area contributed by atoms with Crippen molar-refractivity contribution in [2.75, 3.05) is 24.6 Å². The summed E-state index contributed by atoms with van der Waals surface area (Å²) in [5, 5.41) is 6.11. The van der Waals surface area contributed by atoms with E-state index in [4.69, 9.17) is 9.47 Å². The van der Waals surface area contributed by atoms with Crippen molar-refractivity contribution in [2.45, 2.75) is 77.4 Å². The monoisotopic (exact) mass is 668 g/mol. The smallest absolute Gasteiger partial charge is 0.309 e. The minimum Gasteiger partial charge on any atom is -0.461 e. The molecular weight excluding hydrogens is 621 g/mol. The van der Waals surface area contributed by atoms with Crippen molar-refractivity contribution in [3.05, 3.63) is 71.8 Å². The van der Waals surface area contributed by atoms with E-state index < -0.39 is 0 Å². The summed E-state index contributed by atoms with van der Waals surface area (Å²) in [5.74, 6) is 1.99. The van der Waals surface area contributed by atoms with Gasteiger partial charge in [-0.15, -0.1) is 0 Å². The molecule has 0 bridgehead atoms. The minimum atomic E-state index is -0.115. The van der Waals surface area contributed by atoms with Crippen LogP contribution in [0.25, 0.3) is 0 Å². The average molecular weight is 669 g/mol. The topological polar surface area (TPSA) is 111 Å². The van der Waals surface area contributed by atoms with Crippen LogP contribution in [0.1, 0.15) is 75.3 Å². The zero-order valence-electron chi connectivity index (χ0n) is 26.7. The number of hydrogen-bond donors (Lipinski definition) is 2. The molecule has 8 nitrogen and oxygen atoms in total. The molecule has 0 radical (unpaired) electrons. The number of amides is 2. The molecule has 2 N–H and O–H groups in total. The van der Waals surface area contributed by atoms with E-state index in [1.165, 1.54) is 0 Å². The van der Waals surface area contributed by atoms with Gasteiger partial charge in [0.1, 0.15) is 13.2 Å². The van der Waals surface area contributed by atoms with Crippen LogP contribution in [0.2, 0.25) is 0 Å². The third-order valence-corrected chi connectivity index (χ3v) is 11.3. The normalized spacial score (nSPS) is 21.1. The molecular formula is C36H48N2O6S2. The van der Waals surface area contributed by atoms with Crippen molar-refractivity contribution in [2.24, 2.45) is 23.7 Å². The molecule has 2 aliphatic rings. The Hall–Kier alpha value is -2.98. The number of carbonyl (C=O) groups is 4. The zero-order chi connectivity index (χ0) is 32.4. The molecule has 0 heterocycles. The maximum atomic E-state index is 12.4. The molecule has 0 spiro atoms. The molecule has 10 heteroatoms. The summed E-state index contributed by atoms with van der Waals surface area (Å²) in [5.41, 5.74) is 1.99. The van der Waals surface area contributed by atoms with E-state index in [9.17, 15) is 19.2 Å². The van der Waals surface area contributed by atoms with Gasteiger partial charge in [0.05, 0.1) is 11.8 Å². The van der Waals surface area contributed by atoms with Crippen LogP contribution in [-0.2, 0) is 41.9 Å². The fourth-order valence-corrected chi connectivity index (χ4v) is 7.96. The molecule has 2 aliphatic carbocycles. The molecule has 0 aromatic heterocycles.